The molecule has 0 radical (unpaired) electrons. The van der Waals surface area contributed by atoms with Crippen LogP contribution in [0.25, 0.3) is 10.9 Å². The van der Waals surface area contributed by atoms with Crippen molar-refractivity contribution in [2.75, 3.05) is 18.4 Å². The first kappa shape index (κ1) is 17.7. The summed E-state index contributed by atoms with van der Waals surface area (Å²) in [6.07, 6.45) is 3.02. The van der Waals surface area contributed by atoms with Crippen LogP contribution in [0.15, 0.2) is 24.4 Å². The van der Waals surface area contributed by atoms with E-state index in [4.69, 9.17) is 0 Å². The highest BCUT2D eigenvalue weighted by Crippen LogP contribution is 2.24. The van der Waals surface area contributed by atoms with E-state index >= 15 is 0 Å². The monoisotopic (exact) mass is 383 g/mol. The standard InChI is InChI=1S/C19H21N5O2S/c1-11-3-4-16-15(7-11)13(9-20-16)5-6-24-10-14(8-17(24)25)18(26)21-19-23-22-12(2)27-19/h3-4,7,9,14,20H,5-6,8,10H2,1-2H3,(H,21,23,26)/t14-/m0/s1. The number of anilines is 1. The number of H-pyrrole nitrogens is 1. The second kappa shape index (κ2) is 7.11. The summed E-state index contributed by atoms with van der Waals surface area (Å²) in [7, 11) is 0. The predicted octanol–water partition coefficient (Wildman–Crippen LogP) is 2.67. The number of rotatable bonds is 5. The third kappa shape index (κ3) is 3.71. The molecule has 0 unspecified atom stereocenters. The fourth-order valence-electron chi connectivity index (χ4n) is 3.47. The van der Waals surface area contributed by atoms with Gasteiger partial charge in [-0.1, -0.05) is 23.0 Å². The van der Waals surface area contributed by atoms with Crippen molar-refractivity contribution in [3.05, 3.63) is 40.5 Å². The average molecular weight is 383 g/mol. The lowest BCUT2D eigenvalue weighted by Gasteiger charge is -2.16. The van der Waals surface area contributed by atoms with Gasteiger partial charge in [-0.15, -0.1) is 10.2 Å². The van der Waals surface area contributed by atoms with Crippen molar-refractivity contribution in [2.45, 2.75) is 26.7 Å². The molecule has 1 fully saturated rings. The zero-order valence-corrected chi connectivity index (χ0v) is 16.1. The molecule has 7 nitrogen and oxygen atoms in total. The lowest BCUT2D eigenvalue weighted by Crippen LogP contribution is -2.30. The van der Waals surface area contributed by atoms with Crippen LogP contribution in [0.2, 0.25) is 0 Å². The minimum atomic E-state index is -0.341. The number of carbonyl (C=O) groups is 2. The van der Waals surface area contributed by atoms with E-state index in [1.807, 2.05) is 13.1 Å². The molecule has 1 aromatic carbocycles. The fraction of sp³-hybridized carbons (Fsp3) is 0.368. The summed E-state index contributed by atoms with van der Waals surface area (Å²) in [5, 5.41) is 13.0. The predicted molar refractivity (Wildman–Crippen MR) is 105 cm³/mol. The van der Waals surface area contributed by atoms with Crippen LogP contribution in [0, 0.1) is 19.8 Å². The lowest BCUT2D eigenvalue weighted by molar-refractivity contribution is -0.128. The first-order chi connectivity index (χ1) is 13.0. The summed E-state index contributed by atoms with van der Waals surface area (Å²) < 4.78 is 0. The van der Waals surface area contributed by atoms with Crippen molar-refractivity contribution in [1.29, 1.82) is 0 Å². The number of aromatic nitrogens is 3. The summed E-state index contributed by atoms with van der Waals surface area (Å²) in [5.74, 6) is -0.476. The second-order valence-corrected chi connectivity index (χ2v) is 8.15. The Morgan fingerprint density at radius 3 is 3.00 bits per heavy atom. The highest BCUT2D eigenvalue weighted by atomic mass is 32.1. The Morgan fingerprint density at radius 2 is 2.22 bits per heavy atom. The molecule has 1 atom stereocenters. The summed E-state index contributed by atoms with van der Waals surface area (Å²) in [4.78, 5) is 29.8. The molecule has 4 rings (SSSR count). The Hall–Kier alpha value is -2.74. The normalized spacial score (nSPS) is 17.0. The van der Waals surface area contributed by atoms with Crippen LogP contribution in [0.1, 0.15) is 22.6 Å². The fourth-order valence-corrected chi connectivity index (χ4v) is 4.07. The van der Waals surface area contributed by atoms with Crippen LogP contribution < -0.4 is 5.32 Å². The molecule has 8 heteroatoms. The van der Waals surface area contributed by atoms with E-state index in [-0.39, 0.29) is 24.2 Å². The smallest absolute Gasteiger partial charge is 0.231 e. The number of carbonyl (C=O) groups excluding carboxylic acids is 2. The van der Waals surface area contributed by atoms with Crippen LogP contribution in [-0.2, 0) is 16.0 Å². The number of aromatic amines is 1. The lowest BCUT2D eigenvalue weighted by atomic mass is 10.1. The van der Waals surface area contributed by atoms with Crippen molar-refractivity contribution in [2.24, 2.45) is 5.92 Å². The van der Waals surface area contributed by atoms with Crippen LogP contribution in [0.5, 0.6) is 0 Å². The first-order valence-corrected chi connectivity index (χ1v) is 9.76. The highest BCUT2D eigenvalue weighted by Gasteiger charge is 2.34. The van der Waals surface area contributed by atoms with Crippen LogP contribution in [0.3, 0.4) is 0 Å². The molecule has 0 saturated carbocycles. The van der Waals surface area contributed by atoms with Gasteiger partial charge >= 0.3 is 0 Å². The Kier molecular flexibility index (Phi) is 4.65. The molecule has 3 heterocycles. The van der Waals surface area contributed by atoms with Crippen LogP contribution in [-0.4, -0.2) is 45.0 Å². The van der Waals surface area contributed by atoms with E-state index in [9.17, 15) is 9.59 Å². The third-order valence-corrected chi connectivity index (χ3v) is 5.67. The molecule has 140 valence electrons. The van der Waals surface area contributed by atoms with Gasteiger partial charge in [-0.2, -0.15) is 0 Å². The number of hydrogen-bond donors (Lipinski definition) is 2. The molecule has 1 aliphatic heterocycles. The molecular formula is C19H21N5O2S. The molecule has 2 N–H and O–H groups in total. The zero-order valence-electron chi connectivity index (χ0n) is 15.3. The van der Waals surface area contributed by atoms with E-state index in [0.29, 0.717) is 18.2 Å². The Bertz CT molecular complexity index is 1010. The highest BCUT2D eigenvalue weighted by molar-refractivity contribution is 7.15. The summed E-state index contributed by atoms with van der Waals surface area (Å²) in [5.41, 5.74) is 3.51. The minimum absolute atomic E-state index is 0.0274. The number of benzene rings is 1. The molecule has 0 aliphatic carbocycles. The molecule has 0 bridgehead atoms. The van der Waals surface area contributed by atoms with E-state index < -0.39 is 0 Å². The Labute approximate surface area is 160 Å². The van der Waals surface area contributed by atoms with Crippen LogP contribution in [0.4, 0.5) is 5.13 Å². The number of nitrogens with zero attached hydrogens (tertiary/aromatic N) is 3. The number of hydrogen-bond acceptors (Lipinski definition) is 5. The number of likely N-dealkylation sites (tertiary alicyclic amines) is 1. The molecule has 2 aromatic heterocycles. The molecule has 1 aliphatic rings. The van der Waals surface area contributed by atoms with Gasteiger partial charge in [0.1, 0.15) is 5.01 Å². The quantitative estimate of drug-likeness (QED) is 0.709. The van der Waals surface area contributed by atoms with Gasteiger partial charge in [0.2, 0.25) is 16.9 Å². The largest absolute Gasteiger partial charge is 0.361 e. The zero-order chi connectivity index (χ0) is 19.0. The SMILES string of the molecule is Cc1ccc2[nH]cc(CCN3C[C@@H](C(=O)Nc4nnc(C)s4)CC3=O)c2c1. The molecule has 1 saturated heterocycles. The Balaban J connectivity index is 1.37. The first-order valence-electron chi connectivity index (χ1n) is 8.95. The summed E-state index contributed by atoms with van der Waals surface area (Å²) in [6.45, 7) is 4.97. The van der Waals surface area contributed by atoms with E-state index in [2.05, 4.69) is 45.6 Å². The van der Waals surface area contributed by atoms with Crippen molar-refractivity contribution < 1.29 is 9.59 Å². The van der Waals surface area contributed by atoms with E-state index in [0.717, 1.165) is 16.9 Å². The maximum atomic E-state index is 12.4. The van der Waals surface area contributed by atoms with E-state index in [1.165, 1.54) is 27.8 Å². The van der Waals surface area contributed by atoms with Crippen molar-refractivity contribution in [3.63, 3.8) is 0 Å². The van der Waals surface area contributed by atoms with E-state index in [1.54, 1.807) is 4.90 Å². The number of amides is 2. The number of fused-ring (bicyclic) bond motifs is 1. The van der Waals surface area contributed by atoms with Crippen molar-refractivity contribution >= 4 is 39.2 Å². The minimum Gasteiger partial charge on any atom is -0.361 e. The Morgan fingerprint density at radius 1 is 1.37 bits per heavy atom. The average Bonchev–Trinajstić information content (AvgIpc) is 3.32. The third-order valence-electron chi connectivity index (χ3n) is 4.92. The maximum absolute atomic E-state index is 12.4. The number of nitrogens with one attached hydrogen (secondary N) is 2. The molecule has 27 heavy (non-hydrogen) atoms. The molecule has 0 spiro atoms. The molecule has 3 aromatic rings. The molecular weight excluding hydrogens is 362 g/mol. The van der Waals surface area contributed by atoms with Gasteiger partial charge in [0, 0.05) is 36.6 Å². The topological polar surface area (TPSA) is 91.0 Å². The van der Waals surface area contributed by atoms with Gasteiger partial charge in [0.05, 0.1) is 5.92 Å². The van der Waals surface area contributed by atoms with Gasteiger partial charge in [-0.25, -0.2) is 0 Å². The molecule has 2 amide bonds. The van der Waals surface area contributed by atoms with Gasteiger partial charge in [0.25, 0.3) is 0 Å². The van der Waals surface area contributed by atoms with Gasteiger partial charge in [-0.05, 0) is 38.0 Å². The summed E-state index contributed by atoms with van der Waals surface area (Å²) >= 11 is 1.33. The van der Waals surface area contributed by atoms with Gasteiger partial charge < -0.3 is 15.2 Å². The van der Waals surface area contributed by atoms with Gasteiger partial charge in [0.15, 0.2) is 0 Å². The van der Waals surface area contributed by atoms with Crippen LogP contribution >= 0.6 is 11.3 Å². The van der Waals surface area contributed by atoms with Gasteiger partial charge in [-0.3, -0.25) is 9.59 Å². The second-order valence-electron chi connectivity index (χ2n) is 6.97. The maximum Gasteiger partial charge on any atom is 0.231 e. The number of aryl methyl sites for hydroxylation is 2. The van der Waals surface area contributed by atoms with Crippen molar-refractivity contribution in [1.82, 2.24) is 20.1 Å². The summed E-state index contributed by atoms with van der Waals surface area (Å²) in [6, 6.07) is 6.31. The van der Waals surface area contributed by atoms with Crippen molar-refractivity contribution in [3.8, 4) is 0 Å².